The first-order valence-corrected chi connectivity index (χ1v) is 9.02. The molecule has 0 atom stereocenters. The fraction of sp³-hybridized carbons (Fsp3) is 0.765. The SMILES string of the molecule is N#CN(C(=N)N)C1CCC(CC2CCC(N(C#N)C(=N)N)CC2)CC1. The van der Waals surface area contributed by atoms with Gasteiger partial charge in [0.05, 0.1) is 0 Å². The lowest BCUT2D eigenvalue weighted by molar-refractivity contribution is 0.180. The number of nitrogens with zero attached hydrogens (tertiary/aromatic N) is 4. The Balaban J connectivity index is 1.75. The van der Waals surface area contributed by atoms with E-state index in [1.54, 1.807) is 0 Å². The van der Waals surface area contributed by atoms with E-state index in [1.165, 1.54) is 16.2 Å². The summed E-state index contributed by atoms with van der Waals surface area (Å²) >= 11 is 0. The number of nitrogens with two attached hydrogens (primary N) is 2. The molecule has 6 N–H and O–H groups in total. The third-order valence-corrected chi connectivity index (χ3v) is 5.76. The van der Waals surface area contributed by atoms with Crippen LogP contribution in [0.2, 0.25) is 0 Å². The molecule has 2 saturated carbocycles. The van der Waals surface area contributed by atoms with E-state index in [0.29, 0.717) is 11.8 Å². The van der Waals surface area contributed by atoms with Gasteiger partial charge in [-0.05, 0) is 69.6 Å². The van der Waals surface area contributed by atoms with Crippen LogP contribution in [-0.4, -0.2) is 33.8 Å². The molecule has 0 aliphatic heterocycles. The van der Waals surface area contributed by atoms with Gasteiger partial charge in [-0.2, -0.15) is 10.5 Å². The summed E-state index contributed by atoms with van der Waals surface area (Å²) < 4.78 is 0. The molecule has 0 aromatic heterocycles. The zero-order valence-electron chi connectivity index (χ0n) is 14.6. The number of hydrogen-bond acceptors (Lipinski definition) is 4. The molecule has 2 rings (SSSR count). The maximum absolute atomic E-state index is 9.11. The Bertz CT molecular complexity index is 508. The van der Waals surface area contributed by atoms with Crippen LogP contribution in [0.25, 0.3) is 0 Å². The van der Waals surface area contributed by atoms with Gasteiger partial charge < -0.3 is 11.5 Å². The van der Waals surface area contributed by atoms with E-state index in [9.17, 15) is 0 Å². The van der Waals surface area contributed by atoms with Crippen LogP contribution in [0.15, 0.2) is 0 Å². The van der Waals surface area contributed by atoms with Crippen molar-refractivity contribution in [2.45, 2.75) is 69.9 Å². The smallest absolute Gasteiger partial charge is 0.202 e. The molecular weight excluding hydrogens is 316 g/mol. The van der Waals surface area contributed by atoms with E-state index in [2.05, 4.69) is 0 Å². The highest BCUT2D eigenvalue weighted by molar-refractivity contribution is 5.77. The summed E-state index contributed by atoms with van der Waals surface area (Å²) in [7, 11) is 0. The van der Waals surface area contributed by atoms with Gasteiger partial charge in [0.1, 0.15) is 0 Å². The van der Waals surface area contributed by atoms with Crippen molar-refractivity contribution in [3.05, 3.63) is 0 Å². The molecule has 8 nitrogen and oxygen atoms in total. The molecule has 2 aliphatic carbocycles. The van der Waals surface area contributed by atoms with E-state index >= 15 is 0 Å². The van der Waals surface area contributed by atoms with Crippen molar-refractivity contribution in [1.29, 1.82) is 21.3 Å². The first-order chi connectivity index (χ1) is 12.0. The van der Waals surface area contributed by atoms with Crippen molar-refractivity contribution in [3.63, 3.8) is 0 Å². The Hall–Kier alpha value is -2.48. The average molecular weight is 344 g/mol. The van der Waals surface area contributed by atoms with Gasteiger partial charge in [-0.15, -0.1) is 0 Å². The number of rotatable bonds is 4. The largest absolute Gasteiger partial charge is 0.369 e. The van der Waals surface area contributed by atoms with Gasteiger partial charge in [-0.3, -0.25) is 10.8 Å². The molecule has 2 aliphatic rings. The normalized spacial score (nSPS) is 29.0. The van der Waals surface area contributed by atoms with Crippen LogP contribution in [0.1, 0.15) is 57.8 Å². The summed E-state index contributed by atoms with van der Waals surface area (Å²) in [5.41, 5.74) is 10.9. The summed E-state index contributed by atoms with van der Waals surface area (Å²) in [5.74, 6) is 1.03. The van der Waals surface area contributed by atoms with Gasteiger partial charge in [0, 0.05) is 12.1 Å². The second-order valence-corrected chi connectivity index (χ2v) is 7.30. The maximum atomic E-state index is 9.11. The molecule has 0 radical (unpaired) electrons. The van der Waals surface area contributed by atoms with Gasteiger partial charge in [0.2, 0.25) is 11.9 Å². The van der Waals surface area contributed by atoms with Crippen molar-refractivity contribution >= 4 is 11.9 Å². The van der Waals surface area contributed by atoms with Crippen molar-refractivity contribution in [3.8, 4) is 12.4 Å². The Morgan fingerprint density at radius 1 is 0.760 bits per heavy atom. The molecule has 25 heavy (non-hydrogen) atoms. The highest BCUT2D eigenvalue weighted by atomic mass is 15.3. The molecule has 0 aromatic rings. The van der Waals surface area contributed by atoms with Crippen LogP contribution in [0, 0.1) is 45.6 Å². The number of hydrogen-bond donors (Lipinski definition) is 4. The zero-order valence-corrected chi connectivity index (χ0v) is 14.6. The summed E-state index contributed by atoms with van der Waals surface area (Å²) in [6.07, 6.45) is 13.2. The predicted molar refractivity (Wildman–Crippen MR) is 94.8 cm³/mol. The number of nitrogens with one attached hydrogen (secondary N) is 2. The van der Waals surface area contributed by atoms with Crippen LogP contribution in [0.5, 0.6) is 0 Å². The van der Waals surface area contributed by atoms with Crippen molar-refractivity contribution in [1.82, 2.24) is 9.80 Å². The number of guanidine groups is 2. The van der Waals surface area contributed by atoms with E-state index in [0.717, 1.165) is 51.4 Å². The highest BCUT2D eigenvalue weighted by Gasteiger charge is 2.31. The molecule has 0 bridgehead atoms. The van der Waals surface area contributed by atoms with E-state index in [4.69, 9.17) is 32.8 Å². The van der Waals surface area contributed by atoms with E-state index in [1.807, 2.05) is 12.4 Å². The van der Waals surface area contributed by atoms with Crippen LogP contribution in [0.4, 0.5) is 0 Å². The standard InChI is InChI=1S/C17H28N8/c18-10-24(16(20)21)14-5-1-12(2-6-14)9-13-3-7-15(8-4-13)25(11-19)17(22)23/h12-15H,1-9H2,(H3,20,21)(H3,22,23). The maximum Gasteiger partial charge on any atom is 0.202 e. The number of nitriles is 2. The van der Waals surface area contributed by atoms with Crippen LogP contribution in [0.3, 0.4) is 0 Å². The topological polar surface area (TPSA) is 154 Å². The van der Waals surface area contributed by atoms with Gasteiger partial charge >= 0.3 is 0 Å². The summed E-state index contributed by atoms with van der Waals surface area (Å²) in [4.78, 5) is 2.67. The van der Waals surface area contributed by atoms with Gasteiger partial charge in [-0.1, -0.05) is 0 Å². The predicted octanol–water partition coefficient (Wildman–Crippen LogP) is 1.85. The molecule has 0 spiro atoms. The quantitative estimate of drug-likeness (QED) is 0.264. The monoisotopic (exact) mass is 344 g/mol. The molecule has 8 heteroatoms. The minimum atomic E-state index is -0.156. The molecular formula is C17H28N8. The molecule has 0 amide bonds. The average Bonchev–Trinajstić information content (AvgIpc) is 2.58. The first kappa shape index (κ1) is 18.9. The van der Waals surface area contributed by atoms with Crippen LogP contribution >= 0.6 is 0 Å². The minimum Gasteiger partial charge on any atom is -0.369 e. The van der Waals surface area contributed by atoms with E-state index < -0.39 is 0 Å². The molecule has 136 valence electrons. The Morgan fingerprint density at radius 2 is 1.08 bits per heavy atom. The van der Waals surface area contributed by atoms with Gasteiger partial charge in [-0.25, -0.2) is 9.80 Å². The molecule has 2 fully saturated rings. The fourth-order valence-electron chi connectivity index (χ4n) is 4.41. The molecule has 0 unspecified atom stereocenters. The minimum absolute atomic E-state index is 0.0780. The molecule has 0 aromatic carbocycles. The lowest BCUT2D eigenvalue weighted by Gasteiger charge is -2.37. The van der Waals surface area contributed by atoms with Crippen molar-refractivity contribution in [2.75, 3.05) is 0 Å². The van der Waals surface area contributed by atoms with Crippen LogP contribution < -0.4 is 11.5 Å². The Morgan fingerprint density at radius 3 is 1.32 bits per heavy atom. The summed E-state index contributed by atoms with van der Waals surface area (Å²) in [5, 5.41) is 33.2. The first-order valence-electron chi connectivity index (χ1n) is 9.02. The molecule has 0 saturated heterocycles. The lowest BCUT2D eigenvalue weighted by Crippen LogP contribution is -2.43. The van der Waals surface area contributed by atoms with Gasteiger partial charge in [0.15, 0.2) is 12.4 Å². The summed E-state index contributed by atoms with van der Waals surface area (Å²) in [6, 6.07) is 0.156. The van der Waals surface area contributed by atoms with Crippen molar-refractivity contribution in [2.24, 2.45) is 23.3 Å². The highest BCUT2D eigenvalue weighted by Crippen LogP contribution is 2.37. The van der Waals surface area contributed by atoms with Crippen LogP contribution in [-0.2, 0) is 0 Å². The molecule has 0 heterocycles. The Kier molecular flexibility index (Phi) is 6.46. The fourth-order valence-corrected chi connectivity index (χ4v) is 4.41. The van der Waals surface area contributed by atoms with Crippen molar-refractivity contribution < 1.29 is 0 Å². The van der Waals surface area contributed by atoms with Gasteiger partial charge in [0.25, 0.3) is 0 Å². The second-order valence-electron chi connectivity index (χ2n) is 7.30. The zero-order chi connectivity index (χ0) is 18.4. The Labute approximate surface area is 149 Å². The third kappa shape index (κ3) is 4.76. The summed E-state index contributed by atoms with van der Waals surface area (Å²) in [6.45, 7) is 0. The second kappa shape index (κ2) is 8.57. The lowest BCUT2D eigenvalue weighted by atomic mass is 9.75. The third-order valence-electron chi connectivity index (χ3n) is 5.76. The van der Waals surface area contributed by atoms with E-state index in [-0.39, 0.29) is 24.0 Å².